The van der Waals surface area contributed by atoms with E-state index in [2.05, 4.69) is 0 Å². The molecule has 0 aromatic heterocycles. The molecule has 0 spiro atoms. The molecule has 0 saturated carbocycles. The second-order valence-corrected chi connectivity index (χ2v) is 4.13. The fourth-order valence-corrected chi connectivity index (χ4v) is 1.98. The first-order chi connectivity index (χ1) is 8.01. The lowest BCUT2D eigenvalue weighted by molar-refractivity contribution is -0.386. The van der Waals surface area contributed by atoms with E-state index in [9.17, 15) is 14.9 Å². The quantitative estimate of drug-likeness (QED) is 0.279. The van der Waals surface area contributed by atoms with Gasteiger partial charge in [-0.05, 0) is 35.6 Å². The van der Waals surface area contributed by atoms with Gasteiger partial charge >= 0.3 is 5.69 Å². The molecule has 3 N–H and O–H groups in total. The Kier molecular flexibility index (Phi) is 4.63. The van der Waals surface area contributed by atoms with Crippen molar-refractivity contribution in [1.82, 2.24) is 5.43 Å². The van der Waals surface area contributed by atoms with Crippen LogP contribution in [0.1, 0.15) is 17.3 Å². The monoisotopic (exact) mass is 351 g/mol. The van der Waals surface area contributed by atoms with Crippen molar-refractivity contribution in [3.63, 3.8) is 0 Å². The number of nitrogens with one attached hydrogen (secondary N) is 1. The number of nitrogens with zero attached hydrogens (tertiary/aromatic N) is 1. The summed E-state index contributed by atoms with van der Waals surface area (Å²) in [5, 5.41) is 10.9. The highest BCUT2D eigenvalue weighted by Crippen LogP contribution is 2.33. The third-order valence-electron chi connectivity index (χ3n) is 1.90. The van der Waals surface area contributed by atoms with Crippen LogP contribution in [0.3, 0.4) is 0 Å². The number of amides is 1. The summed E-state index contributed by atoms with van der Waals surface area (Å²) in [6, 6.07) is 2.61. The number of ether oxygens (including phenoxy) is 1. The van der Waals surface area contributed by atoms with E-state index < -0.39 is 10.8 Å². The van der Waals surface area contributed by atoms with Crippen LogP contribution in [0.4, 0.5) is 5.69 Å². The molecule has 0 fully saturated rings. The minimum atomic E-state index is -0.597. The fourth-order valence-electron chi connectivity index (χ4n) is 1.22. The molecule has 1 amide bonds. The van der Waals surface area contributed by atoms with Gasteiger partial charge in [0.1, 0.15) is 0 Å². The number of nitrogen functional groups attached to an aromatic ring is 1. The summed E-state index contributed by atoms with van der Waals surface area (Å²) in [7, 11) is 0. The summed E-state index contributed by atoms with van der Waals surface area (Å²) in [6.07, 6.45) is 0. The molecular formula is C9H10IN3O4. The number of nitro groups is 1. The summed E-state index contributed by atoms with van der Waals surface area (Å²) < 4.78 is 5.67. The Bertz CT molecular complexity index is 464. The van der Waals surface area contributed by atoms with E-state index in [1.165, 1.54) is 6.07 Å². The van der Waals surface area contributed by atoms with E-state index in [0.717, 1.165) is 6.07 Å². The van der Waals surface area contributed by atoms with Crippen molar-refractivity contribution in [2.45, 2.75) is 6.92 Å². The van der Waals surface area contributed by atoms with E-state index in [0.29, 0.717) is 10.2 Å². The van der Waals surface area contributed by atoms with Crippen LogP contribution in [0.2, 0.25) is 0 Å². The number of hydrogen-bond donors (Lipinski definition) is 2. The predicted molar refractivity (Wildman–Crippen MR) is 68.6 cm³/mol. The lowest BCUT2D eigenvalue weighted by Gasteiger charge is -2.08. The van der Waals surface area contributed by atoms with Crippen LogP contribution >= 0.6 is 22.6 Å². The van der Waals surface area contributed by atoms with Gasteiger partial charge in [0.15, 0.2) is 0 Å². The first-order valence-corrected chi connectivity index (χ1v) is 5.70. The van der Waals surface area contributed by atoms with Crippen molar-refractivity contribution in [1.29, 1.82) is 0 Å². The number of hydrazine groups is 1. The first-order valence-electron chi connectivity index (χ1n) is 4.63. The van der Waals surface area contributed by atoms with E-state index in [4.69, 9.17) is 10.6 Å². The average molecular weight is 351 g/mol. The smallest absolute Gasteiger partial charge is 0.312 e. The first kappa shape index (κ1) is 13.6. The molecule has 7 nitrogen and oxygen atoms in total. The van der Waals surface area contributed by atoms with Crippen LogP contribution in [0.5, 0.6) is 5.75 Å². The number of rotatable bonds is 4. The van der Waals surface area contributed by atoms with Gasteiger partial charge in [-0.25, -0.2) is 5.84 Å². The summed E-state index contributed by atoms with van der Waals surface area (Å²) in [4.78, 5) is 21.6. The Balaban J connectivity index is 3.35. The minimum absolute atomic E-state index is 0.118. The number of carbonyl (C=O) groups is 1. The van der Waals surface area contributed by atoms with Crippen molar-refractivity contribution in [2.24, 2.45) is 5.84 Å². The largest absolute Gasteiger partial charge is 0.486 e. The van der Waals surface area contributed by atoms with Crippen LogP contribution < -0.4 is 16.0 Å². The van der Waals surface area contributed by atoms with E-state index >= 15 is 0 Å². The number of nitrogens with two attached hydrogens (primary N) is 1. The molecule has 0 aliphatic carbocycles. The SMILES string of the molecule is CCOc1c(I)cc(C(=O)NN)cc1[N+](=O)[O-]. The lowest BCUT2D eigenvalue weighted by atomic mass is 10.2. The zero-order chi connectivity index (χ0) is 13.0. The van der Waals surface area contributed by atoms with Gasteiger partial charge in [0.05, 0.1) is 15.1 Å². The minimum Gasteiger partial charge on any atom is -0.486 e. The van der Waals surface area contributed by atoms with Crippen molar-refractivity contribution in [3.8, 4) is 5.75 Å². The number of benzene rings is 1. The molecule has 1 rings (SSSR count). The molecular weight excluding hydrogens is 341 g/mol. The second kappa shape index (κ2) is 5.77. The molecule has 0 unspecified atom stereocenters. The maximum atomic E-state index is 11.3. The Morgan fingerprint density at radius 3 is 2.76 bits per heavy atom. The van der Waals surface area contributed by atoms with Crippen LogP contribution in [0, 0.1) is 13.7 Å². The Labute approximate surface area is 111 Å². The topological polar surface area (TPSA) is 107 Å². The molecule has 8 heteroatoms. The molecule has 92 valence electrons. The average Bonchev–Trinajstić information content (AvgIpc) is 2.30. The summed E-state index contributed by atoms with van der Waals surface area (Å²) in [6.45, 7) is 2.03. The van der Waals surface area contributed by atoms with Crippen LogP contribution in [-0.2, 0) is 0 Å². The van der Waals surface area contributed by atoms with Gasteiger partial charge < -0.3 is 4.74 Å². The third kappa shape index (κ3) is 3.03. The molecule has 0 radical (unpaired) electrons. The van der Waals surface area contributed by atoms with Gasteiger partial charge in [-0.3, -0.25) is 20.3 Å². The molecule has 1 aromatic carbocycles. The normalized spacial score (nSPS) is 9.82. The Morgan fingerprint density at radius 1 is 1.65 bits per heavy atom. The summed E-state index contributed by atoms with van der Waals surface area (Å²) in [5.74, 6) is 4.54. The maximum absolute atomic E-state index is 11.3. The molecule has 0 bridgehead atoms. The van der Waals surface area contributed by atoms with Gasteiger partial charge in [0.2, 0.25) is 5.75 Å². The van der Waals surface area contributed by atoms with Gasteiger partial charge in [0.25, 0.3) is 5.91 Å². The molecule has 0 aliphatic rings. The van der Waals surface area contributed by atoms with Crippen molar-refractivity contribution in [3.05, 3.63) is 31.4 Å². The zero-order valence-corrected chi connectivity index (χ0v) is 11.1. The highest BCUT2D eigenvalue weighted by molar-refractivity contribution is 14.1. The van der Waals surface area contributed by atoms with Crippen molar-refractivity contribution >= 4 is 34.2 Å². The Morgan fingerprint density at radius 2 is 2.29 bits per heavy atom. The number of hydrogen-bond acceptors (Lipinski definition) is 5. The second-order valence-electron chi connectivity index (χ2n) is 2.97. The van der Waals surface area contributed by atoms with E-state index in [-0.39, 0.29) is 17.0 Å². The van der Waals surface area contributed by atoms with Crippen LogP contribution in [0.15, 0.2) is 12.1 Å². The highest BCUT2D eigenvalue weighted by Gasteiger charge is 2.22. The van der Waals surface area contributed by atoms with Crippen molar-refractivity contribution < 1.29 is 14.5 Å². The van der Waals surface area contributed by atoms with Gasteiger partial charge in [-0.15, -0.1) is 0 Å². The van der Waals surface area contributed by atoms with Gasteiger partial charge in [-0.1, -0.05) is 0 Å². The number of carbonyl (C=O) groups excluding carboxylic acids is 1. The van der Waals surface area contributed by atoms with Crippen LogP contribution in [-0.4, -0.2) is 17.4 Å². The standard InChI is InChI=1S/C9H10IN3O4/c1-2-17-8-6(10)3-5(9(14)12-11)4-7(8)13(15)16/h3-4H,2,11H2,1H3,(H,12,14). The van der Waals surface area contributed by atoms with E-state index in [1.807, 2.05) is 28.0 Å². The van der Waals surface area contributed by atoms with Gasteiger partial charge in [-0.2, -0.15) is 0 Å². The molecule has 0 saturated heterocycles. The molecule has 1 aromatic rings. The molecule has 17 heavy (non-hydrogen) atoms. The Hall–Kier alpha value is -1.42. The van der Waals surface area contributed by atoms with Gasteiger partial charge in [0, 0.05) is 11.6 Å². The summed E-state index contributed by atoms with van der Waals surface area (Å²) in [5.41, 5.74) is 1.79. The van der Waals surface area contributed by atoms with Crippen LogP contribution in [0.25, 0.3) is 0 Å². The number of halogens is 1. The maximum Gasteiger partial charge on any atom is 0.312 e. The summed E-state index contributed by atoms with van der Waals surface area (Å²) >= 11 is 1.87. The molecule has 0 atom stereocenters. The highest BCUT2D eigenvalue weighted by atomic mass is 127. The number of nitro benzene ring substituents is 1. The predicted octanol–water partition coefficient (Wildman–Crippen LogP) is 1.20. The van der Waals surface area contributed by atoms with E-state index in [1.54, 1.807) is 6.92 Å². The molecule has 0 aliphatic heterocycles. The fraction of sp³-hybridized carbons (Fsp3) is 0.222. The third-order valence-corrected chi connectivity index (χ3v) is 2.70. The van der Waals surface area contributed by atoms with Crippen molar-refractivity contribution in [2.75, 3.05) is 6.61 Å². The zero-order valence-electron chi connectivity index (χ0n) is 8.90. The lowest BCUT2D eigenvalue weighted by Crippen LogP contribution is -2.30. The molecule has 0 heterocycles.